The Labute approximate surface area is 114 Å². The van der Waals surface area contributed by atoms with E-state index in [1.165, 1.54) is 0 Å². The summed E-state index contributed by atoms with van der Waals surface area (Å²) in [7, 11) is 0.818. The quantitative estimate of drug-likeness (QED) is 0.565. The van der Waals surface area contributed by atoms with Crippen LogP contribution in [0.5, 0.6) is 0 Å². The summed E-state index contributed by atoms with van der Waals surface area (Å²) >= 11 is 0. The van der Waals surface area contributed by atoms with E-state index in [0.29, 0.717) is 13.0 Å². The molecule has 1 aliphatic rings. The fourth-order valence-electron chi connectivity index (χ4n) is 1.94. The van der Waals surface area contributed by atoms with Crippen molar-refractivity contribution in [2.75, 3.05) is 20.3 Å². The van der Waals surface area contributed by atoms with Crippen molar-refractivity contribution in [2.45, 2.75) is 37.7 Å². The molecule has 6 nitrogen and oxygen atoms in total. The fourth-order valence-corrected chi connectivity index (χ4v) is 1.94. The Hall–Kier alpha value is -1.35. The van der Waals surface area contributed by atoms with Crippen LogP contribution in [-0.2, 0) is 19.1 Å². The highest BCUT2D eigenvalue weighted by Gasteiger charge is 2.62. The topological polar surface area (TPSA) is 76.7 Å². The lowest BCUT2D eigenvalue weighted by Crippen LogP contribution is -2.73. The third-order valence-electron chi connectivity index (χ3n) is 2.90. The van der Waals surface area contributed by atoms with Crippen molar-refractivity contribution in [3.05, 3.63) is 0 Å². The second-order valence-electron chi connectivity index (χ2n) is 4.44. The largest absolute Gasteiger partial charge is 0.466 e. The number of hydrogen-bond donors (Lipinski definition) is 2. The normalized spacial score (nSPS) is 22.1. The predicted octanol–water partition coefficient (Wildman–Crippen LogP) is 0.323. The number of carbonyl (C=O) groups is 2. The first kappa shape index (κ1) is 16.7. The van der Waals surface area contributed by atoms with Crippen molar-refractivity contribution in [1.82, 2.24) is 10.6 Å². The van der Waals surface area contributed by atoms with Gasteiger partial charge in [0, 0.05) is 20.1 Å². The summed E-state index contributed by atoms with van der Waals surface area (Å²) in [6.45, 7) is 1.12. The lowest BCUT2D eigenvalue weighted by atomic mass is 10.1. The van der Waals surface area contributed by atoms with Crippen molar-refractivity contribution < 1.29 is 32.2 Å². The van der Waals surface area contributed by atoms with Crippen molar-refractivity contribution in [2.24, 2.45) is 0 Å². The number of halogens is 3. The first-order valence-electron chi connectivity index (χ1n) is 6.03. The number of amides is 1. The molecule has 1 amide bonds. The zero-order chi connectivity index (χ0) is 15.4. The van der Waals surface area contributed by atoms with Crippen molar-refractivity contribution in [3.63, 3.8) is 0 Å². The van der Waals surface area contributed by atoms with Gasteiger partial charge in [-0.25, -0.2) is 4.79 Å². The number of methoxy groups -OCH3 is 1. The summed E-state index contributed by atoms with van der Waals surface area (Å²) < 4.78 is 49.1. The molecule has 1 saturated heterocycles. The summed E-state index contributed by atoms with van der Waals surface area (Å²) in [6.07, 6.45) is -4.16. The zero-order valence-electron chi connectivity index (χ0n) is 11.2. The molecule has 0 aliphatic carbocycles. The number of esters is 1. The molecule has 0 bridgehead atoms. The maximum absolute atomic E-state index is 13.2. The Balaban J connectivity index is 2.94. The zero-order valence-corrected chi connectivity index (χ0v) is 11.2. The van der Waals surface area contributed by atoms with Gasteiger partial charge in [-0.2, -0.15) is 13.2 Å². The van der Waals surface area contributed by atoms with Gasteiger partial charge in [-0.3, -0.25) is 10.1 Å². The van der Waals surface area contributed by atoms with Crippen LogP contribution in [0.2, 0.25) is 0 Å². The lowest BCUT2D eigenvalue weighted by molar-refractivity contribution is -0.221. The molecule has 2 atom stereocenters. The van der Waals surface area contributed by atoms with E-state index in [1.54, 1.807) is 5.32 Å². The Morgan fingerprint density at radius 3 is 2.45 bits per heavy atom. The highest BCUT2D eigenvalue weighted by molar-refractivity contribution is 5.87. The van der Waals surface area contributed by atoms with Gasteiger partial charge in [-0.15, -0.1) is 0 Å². The Morgan fingerprint density at radius 2 is 2.05 bits per heavy atom. The number of hydrogen-bond acceptors (Lipinski definition) is 5. The van der Waals surface area contributed by atoms with Gasteiger partial charge in [0.2, 0.25) is 5.91 Å². The molecule has 0 aromatic carbocycles. The first-order chi connectivity index (χ1) is 9.23. The van der Waals surface area contributed by atoms with Crippen molar-refractivity contribution in [3.8, 4) is 0 Å². The molecule has 1 heterocycles. The lowest BCUT2D eigenvalue weighted by Gasteiger charge is -2.34. The summed E-state index contributed by atoms with van der Waals surface area (Å²) in [6, 6.07) is 0. The van der Waals surface area contributed by atoms with E-state index >= 15 is 0 Å². The molecule has 0 spiro atoms. The van der Waals surface area contributed by atoms with E-state index in [9.17, 15) is 22.8 Å². The van der Waals surface area contributed by atoms with Gasteiger partial charge in [0.15, 0.2) is 0 Å². The standard InChI is InChI=1S/C11H17F3N2O4/c1-7(17)16-10(9(18)19-2,11(12,13)14)15-6-8-4-3-5-20-8/h8,15H,3-6H2,1-2H3,(H,16,17). The number of ether oxygens (including phenoxy) is 2. The molecule has 2 N–H and O–H groups in total. The van der Waals surface area contributed by atoms with Gasteiger partial charge in [-0.1, -0.05) is 0 Å². The van der Waals surface area contributed by atoms with Gasteiger partial charge < -0.3 is 14.8 Å². The van der Waals surface area contributed by atoms with Crippen molar-refractivity contribution in [1.29, 1.82) is 0 Å². The summed E-state index contributed by atoms with van der Waals surface area (Å²) in [5, 5.41) is 3.64. The maximum atomic E-state index is 13.2. The molecule has 9 heteroatoms. The maximum Gasteiger partial charge on any atom is 0.436 e. The Bertz CT molecular complexity index is 369. The van der Waals surface area contributed by atoms with E-state index < -0.39 is 29.8 Å². The second-order valence-corrected chi connectivity index (χ2v) is 4.44. The molecule has 0 aromatic rings. The third kappa shape index (κ3) is 3.60. The average molecular weight is 298 g/mol. The number of alkyl halides is 3. The van der Waals surface area contributed by atoms with Gasteiger partial charge in [-0.05, 0) is 12.8 Å². The first-order valence-corrected chi connectivity index (χ1v) is 6.03. The minimum Gasteiger partial charge on any atom is -0.466 e. The van der Waals surface area contributed by atoms with Crippen LogP contribution in [0.25, 0.3) is 0 Å². The van der Waals surface area contributed by atoms with E-state index in [4.69, 9.17) is 4.74 Å². The molecular formula is C11H17F3N2O4. The highest BCUT2D eigenvalue weighted by atomic mass is 19.4. The van der Waals surface area contributed by atoms with Crippen LogP contribution >= 0.6 is 0 Å². The predicted molar refractivity (Wildman–Crippen MR) is 61.6 cm³/mol. The molecule has 0 saturated carbocycles. The number of nitrogens with one attached hydrogen (secondary N) is 2. The average Bonchev–Trinajstić information content (AvgIpc) is 2.84. The molecule has 1 aliphatic heterocycles. The molecule has 0 radical (unpaired) electrons. The monoisotopic (exact) mass is 298 g/mol. The Morgan fingerprint density at radius 1 is 1.40 bits per heavy atom. The fraction of sp³-hybridized carbons (Fsp3) is 0.818. The van der Waals surface area contributed by atoms with E-state index in [1.807, 2.05) is 5.32 Å². The van der Waals surface area contributed by atoms with Crippen LogP contribution in [0, 0.1) is 0 Å². The van der Waals surface area contributed by atoms with Crippen molar-refractivity contribution >= 4 is 11.9 Å². The van der Waals surface area contributed by atoms with Gasteiger partial charge >= 0.3 is 12.1 Å². The van der Waals surface area contributed by atoms with Crippen LogP contribution in [0.3, 0.4) is 0 Å². The number of carbonyl (C=O) groups excluding carboxylic acids is 2. The van der Waals surface area contributed by atoms with Crippen LogP contribution < -0.4 is 10.6 Å². The molecular weight excluding hydrogens is 281 g/mol. The molecule has 1 rings (SSSR count). The minimum atomic E-state index is -5.05. The smallest absolute Gasteiger partial charge is 0.436 e. The summed E-state index contributed by atoms with van der Waals surface area (Å²) in [5.41, 5.74) is -3.26. The SMILES string of the molecule is COC(=O)C(NCC1CCCO1)(NC(C)=O)C(F)(F)F. The van der Waals surface area contributed by atoms with E-state index in [0.717, 1.165) is 20.5 Å². The summed E-state index contributed by atoms with van der Waals surface area (Å²) in [5.74, 6) is -2.63. The van der Waals surface area contributed by atoms with Gasteiger partial charge in [0.05, 0.1) is 13.2 Å². The second kappa shape index (κ2) is 6.40. The summed E-state index contributed by atoms with van der Waals surface area (Å²) in [4.78, 5) is 22.6. The van der Waals surface area contributed by atoms with Crippen LogP contribution in [0.4, 0.5) is 13.2 Å². The van der Waals surface area contributed by atoms with E-state index in [2.05, 4.69) is 4.74 Å². The molecule has 2 unspecified atom stereocenters. The Kier molecular flexibility index (Phi) is 5.35. The molecule has 0 aromatic heterocycles. The molecule has 20 heavy (non-hydrogen) atoms. The van der Waals surface area contributed by atoms with Gasteiger partial charge in [0.25, 0.3) is 5.66 Å². The van der Waals surface area contributed by atoms with Gasteiger partial charge in [0.1, 0.15) is 0 Å². The van der Waals surface area contributed by atoms with Crippen LogP contribution in [-0.4, -0.2) is 50.1 Å². The van der Waals surface area contributed by atoms with Crippen LogP contribution in [0.15, 0.2) is 0 Å². The molecule has 116 valence electrons. The number of rotatable bonds is 5. The minimum absolute atomic E-state index is 0.227. The third-order valence-corrected chi connectivity index (χ3v) is 2.90. The van der Waals surface area contributed by atoms with Crippen LogP contribution in [0.1, 0.15) is 19.8 Å². The molecule has 1 fully saturated rings. The van der Waals surface area contributed by atoms with E-state index in [-0.39, 0.29) is 6.54 Å². The highest BCUT2D eigenvalue weighted by Crippen LogP contribution is 2.30.